The van der Waals surface area contributed by atoms with E-state index in [-0.39, 0.29) is 0 Å². The topological polar surface area (TPSA) is 26.7 Å². The Morgan fingerprint density at radius 3 is 2.38 bits per heavy atom. The maximum atomic E-state index is 10.5. The highest BCUT2D eigenvalue weighted by Crippen LogP contribution is 2.32. The van der Waals surface area contributed by atoms with E-state index in [1.165, 1.54) is 16.9 Å². The molecular weight excluding hydrogens is 260 g/mol. The SMILES string of the molecule is Cc1ccc(C(O)CN2CCN(C)c3ccccc32)cc1. The lowest BCUT2D eigenvalue weighted by Crippen LogP contribution is -2.41. The molecule has 0 saturated carbocycles. The van der Waals surface area contributed by atoms with Crippen LogP contribution in [-0.4, -0.2) is 31.8 Å². The highest BCUT2D eigenvalue weighted by atomic mass is 16.3. The van der Waals surface area contributed by atoms with Crippen molar-refractivity contribution in [3.63, 3.8) is 0 Å². The first-order chi connectivity index (χ1) is 10.1. The van der Waals surface area contributed by atoms with E-state index < -0.39 is 6.10 Å². The molecule has 1 heterocycles. The molecule has 1 unspecified atom stereocenters. The smallest absolute Gasteiger partial charge is 0.0964 e. The van der Waals surface area contributed by atoms with Gasteiger partial charge in [-0.1, -0.05) is 42.0 Å². The van der Waals surface area contributed by atoms with Crippen molar-refractivity contribution in [2.75, 3.05) is 36.5 Å². The van der Waals surface area contributed by atoms with Crippen molar-refractivity contribution < 1.29 is 5.11 Å². The number of rotatable bonds is 3. The van der Waals surface area contributed by atoms with E-state index in [1.54, 1.807) is 0 Å². The van der Waals surface area contributed by atoms with Crippen molar-refractivity contribution >= 4 is 11.4 Å². The highest BCUT2D eigenvalue weighted by Gasteiger charge is 2.22. The number of para-hydroxylation sites is 2. The quantitative estimate of drug-likeness (QED) is 0.937. The molecule has 0 saturated heterocycles. The number of aliphatic hydroxyl groups is 1. The van der Waals surface area contributed by atoms with Gasteiger partial charge in [-0.3, -0.25) is 0 Å². The van der Waals surface area contributed by atoms with E-state index in [2.05, 4.69) is 60.2 Å². The van der Waals surface area contributed by atoms with Gasteiger partial charge in [-0.2, -0.15) is 0 Å². The molecule has 1 atom stereocenters. The molecule has 3 rings (SSSR count). The molecule has 0 fully saturated rings. The van der Waals surface area contributed by atoms with E-state index in [4.69, 9.17) is 0 Å². The number of likely N-dealkylation sites (N-methyl/N-ethyl adjacent to an activating group) is 1. The third kappa shape index (κ3) is 2.88. The minimum Gasteiger partial charge on any atom is -0.387 e. The van der Waals surface area contributed by atoms with Gasteiger partial charge >= 0.3 is 0 Å². The summed E-state index contributed by atoms with van der Waals surface area (Å²) < 4.78 is 0. The van der Waals surface area contributed by atoms with Crippen LogP contribution in [0.4, 0.5) is 11.4 Å². The molecule has 21 heavy (non-hydrogen) atoms. The van der Waals surface area contributed by atoms with Crippen molar-refractivity contribution in [3.8, 4) is 0 Å². The normalized spacial score (nSPS) is 15.8. The lowest BCUT2D eigenvalue weighted by molar-refractivity contribution is 0.183. The van der Waals surface area contributed by atoms with Gasteiger partial charge in [0.25, 0.3) is 0 Å². The Hall–Kier alpha value is -2.00. The van der Waals surface area contributed by atoms with Gasteiger partial charge in [0.1, 0.15) is 0 Å². The van der Waals surface area contributed by atoms with Crippen LogP contribution in [0.15, 0.2) is 48.5 Å². The number of hydrogen-bond donors (Lipinski definition) is 1. The monoisotopic (exact) mass is 282 g/mol. The molecular formula is C18H22N2O. The van der Waals surface area contributed by atoms with Gasteiger partial charge in [-0.25, -0.2) is 0 Å². The summed E-state index contributed by atoms with van der Waals surface area (Å²) in [4.78, 5) is 4.55. The molecule has 0 aromatic heterocycles. The second-order valence-corrected chi connectivity index (χ2v) is 5.78. The molecule has 1 aliphatic rings. The van der Waals surface area contributed by atoms with Crippen LogP contribution in [0.25, 0.3) is 0 Å². The number of benzene rings is 2. The summed E-state index contributed by atoms with van der Waals surface area (Å²) in [6.07, 6.45) is -0.456. The molecule has 0 bridgehead atoms. The predicted octanol–water partition coefficient (Wildman–Crippen LogP) is 2.98. The van der Waals surface area contributed by atoms with Crippen LogP contribution >= 0.6 is 0 Å². The molecule has 1 aliphatic heterocycles. The van der Waals surface area contributed by atoms with Gasteiger partial charge < -0.3 is 14.9 Å². The fraction of sp³-hybridized carbons (Fsp3) is 0.333. The fourth-order valence-electron chi connectivity index (χ4n) is 2.86. The zero-order valence-electron chi connectivity index (χ0n) is 12.7. The van der Waals surface area contributed by atoms with Gasteiger partial charge in [0, 0.05) is 26.7 Å². The Morgan fingerprint density at radius 1 is 1.00 bits per heavy atom. The first kappa shape index (κ1) is 14.0. The Morgan fingerprint density at radius 2 is 1.67 bits per heavy atom. The molecule has 110 valence electrons. The van der Waals surface area contributed by atoms with Crippen LogP contribution in [0.3, 0.4) is 0 Å². The summed E-state index contributed by atoms with van der Waals surface area (Å²) in [5.41, 5.74) is 4.64. The lowest BCUT2D eigenvalue weighted by atomic mass is 10.1. The lowest BCUT2D eigenvalue weighted by Gasteiger charge is -2.38. The summed E-state index contributed by atoms with van der Waals surface area (Å²) in [6, 6.07) is 16.5. The highest BCUT2D eigenvalue weighted by molar-refractivity contribution is 5.73. The first-order valence-corrected chi connectivity index (χ1v) is 7.45. The predicted molar refractivity (Wildman–Crippen MR) is 88.1 cm³/mol. The Balaban J connectivity index is 1.79. The first-order valence-electron chi connectivity index (χ1n) is 7.45. The van der Waals surface area contributed by atoms with Crippen LogP contribution in [0.2, 0.25) is 0 Å². The van der Waals surface area contributed by atoms with Crippen LogP contribution in [0.1, 0.15) is 17.2 Å². The molecule has 0 radical (unpaired) electrons. The number of aliphatic hydroxyl groups excluding tert-OH is 1. The number of fused-ring (bicyclic) bond motifs is 1. The number of β-amino-alcohol motifs (C(OH)–C–C–N with tert-alkyl or cyclic N) is 1. The van der Waals surface area contributed by atoms with Crippen LogP contribution in [-0.2, 0) is 0 Å². The second-order valence-electron chi connectivity index (χ2n) is 5.78. The summed E-state index contributed by atoms with van der Waals surface area (Å²) in [7, 11) is 2.12. The van der Waals surface area contributed by atoms with Gasteiger partial charge in [0.2, 0.25) is 0 Å². The number of hydrogen-bond acceptors (Lipinski definition) is 3. The number of anilines is 2. The van der Waals surface area contributed by atoms with E-state index >= 15 is 0 Å². The third-order valence-corrected chi connectivity index (χ3v) is 4.19. The molecule has 0 amide bonds. The number of nitrogens with zero attached hydrogens (tertiary/aromatic N) is 2. The average molecular weight is 282 g/mol. The van der Waals surface area contributed by atoms with Gasteiger partial charge in [0.05, 0.1) is 17.5 Å². The van der Waals surface area contributed by atoms with Crippen LogP contribution in [0, 0.1) is 6.92 Å². The summed E-state index contributed by atoms with van der Waals surface area (Å²) in [5.74, 6) is 0. The van der Waals surface area contributed by atoms with Crippen molar-refractivity contribution in [1.29, 1.82) is 0 Å². The Bertz CT molecular complexity index is 609. The largest absolute Gasteiger partial charge is 0.387 e. The van der Waals surface area contributed by atoms with Crippen molar-refractivity contribution in [2.45, 2.75) is 13.0 Å². The summed E-state index contributed by atoms with van der Waals surface area (Å²) in [6.45, 7) is 4.62. The van der Waals surface area contributed by atoms with Crippen molar-refractivity contribution in [2.24, 2.45) is 0 Å². The maximum Gasteiger partial charge on any atom is 0.0964 e. The van der Waals surface area contributed by atoms with Crippen LogP contribution in [0.5, 0.6) is 0 Å². The minimum absolute atomic E-state index is 0.456. The zero-order valence-corrected chi connectivity index (χ0v) is 12.7. The van der Waals surface area contributed by atoms with E-state index in [0.29, 0.717) is 6.54 Å². The molecule has 0 aliphatic carbocycles. The summed E-state index contributed by atoms with van der Waals surface area (Å²) >= 11 is 0. The molecule has 3 nitrogen and oxygen atoms in total. The van der Waals surface area contributed by atoms with Crippen molar-refractivity contribution in [3.05, 3.63) is 59.7 Å². The maximum absolute atomic E-state index is 10.5. The fourth-order valence-corrected chi connectivity index (χ4v) is 2.86. The van der Waals surface area contributed by atoms with Gasteiger partial charge in [0.15, 0.2) is 0 Å². The molecule has 2 aromatic carbocycles. The van der Waals surface area contributed by atoms with E-state index in [0.717, 1.165) is 18.7 Å². The molecule has 1 N–H and O–H groups in total. The van der Waals surface area contributed by atoms with E-state index in [9.17, 15) is 5.11 Å². The van der Waals surface area contributed by atoms with Crippen molar-refractivity contribution in [1.82, 2.24) is 0 Å². The van der Waals surface area contributed by atoms with Gasteiger partial charge in [-0.05, 0) is 24.6 Å². The average Bonchev–Trinajstić information content (AvgIpc) is 2.51. The summed E-state index contributed by atoms with van der Waals surface area (Å²) in [5, 5.41) is 10.5. The molecule has 0 spiro atoms. The van der Waals surface area contributed by atoms with E-state index in [1.807, 2.05) is 12.1 Å². The third-order valence-electron chi connectivity index (χ3n) is 4.19. The molecule has 2 aromatic rings. The zero-order chi connectivity index (χ0) is 14.8. The molecule has 3 heteroatoms. The number of aryl methyl sites for hydroxylation is 1. The van der Waals surface area contributed by atoms with Crippen LogP contribution < -0.4 is 9.80 Å². The minimum atomic E-state index is -0.456. The second kappa shape index (κ2) is 5.78. The standard InChI is InChI=1S/C18H22N2O/c1-14-7-9-15(10-8-14)18(21)13-20-12-11-19(2)16-5-3-4-6-17(16)20/h3-10,18,21H,11-13H2,1-2H3. The van der Waals surface area contributed by atoms with Gasteiger partial charge in [-0.15, -0.1) is 0 Å². The Labute approximate surface area is 126 Å². The Kier molecular flexibility index (Phi) is 3.84.